The summed E-state index contributed by atoms with van der Waals surface area (Å²) >= 11 is 0. The Hall–Kier alpha value is -7.83. The van der Waals surface area contributed by atoms with E-state index >= 15 is 0 Å². The molecule has 0 spiro atoms. The molecule has 394 valence electrons. The van der Waals surface area contributed by atoms with Crippen LogP contribution in [0, 0.1) is 24.0 Å². The van der Waals surface area contributed by atoms with Crippen LogP contribution < -0.4 is 0 Å². The first-order valence-electron chi connectivity index (χ1n) is 26.8. The molecule has 0 amide bonds. The summed E-state index contributed by atoms with van der Waals surface area (Å²) in [6, 6.07) is 59.5. The molecule has 8 heteroatoms. The van der Waals surface area contributed by atoms with Crippen LogP contribution in [-0.4, -0.2) is 24.2 Å². The third-order valence-electron chi connectivity index (χ3n) is 15.0. The molecule has 0 fully saturated rings. The van der Waals surface area contributed by atoms with Gasteiger partial charge < -0.3 is 9.67 Å². The van der Waals surface area contributed by atoms with Gasteiger partial charge in [0, 0.05) is 32.3 Å². The number of aromatic hydroxyl groups is 1. The number of para-hydroxylation sites is 3. The van der Waals surface area contributed by atoms with Crippen molar-refractivity contribution in [1.29, 1.82) is 5.26 Å². The maximum absolute atomic E-state index is 12.7. The van der Waals surface area contributed by atoms with Crippen molar-refractivity contribution in [2.24, 2.45) is 0 Å². The fraction of sp³-hybridized carbons (Fsp3) is 0.257. The van der Waals surface area contributed by atoms with Crippen LogP contribution in [0.4, 0.5) is 5.69 Å². The van der Waals surface area contributed by atoms with Crippen molar-refractivity contribution in [3.05, 3.63) is 203 Å². The van der Waals surface area contributed by atoms with Crippen LogP contribution in [0.15, 0.2) is 152 Å². The van der Waals surface area contributed by atoms with Crippen LogP contribution in [0.1, 0.15) is 135 Å². The van der Waals surface area contributed by atoms with Crippen LogP contribution >= 0.6 is 0 Å². The summed E-state index contributed by atoms with van der Waals surface area (Å²) in [7, 11) is 0. The molecule has 10 aromatic rings. The molecule has 0 aliphatic carbocycles. The first-order chi connectivity index (χ1) is 36.6. The van der Waals surface area contributed by atoms with Crippen LogP contribution in [0.25, 0.3) is 94.4 Å². The molecule has 7 nitrogen and oxygen atoms in total. The number of hydrogen-bond donors (Lipinski definition) is 1. The van der Waals surface area contributed by atoms with Gasteiger partial charge in [-0.1, -0.05) is 192 Å². The van der Waals surface area contributed by atoms with Gasteiger partial charge in [0.15, 0.2) is 0 Å². The van der Waals surface area contributed by atoms with Crippen LogP contribution in [0.5, 0.6) is 5.75 Å². The fourth-order valence-corrected chi connectivity index (χ4v) is 10.7. The Labute approximate surface area is 475 Å². The second-order valence-corrected chi connectivity index (χ2v) is 24.2. The van der Waals surface area contributed by atoms with Crippen molar-refractivity contribution >= 4 is 27.8 Å². The molecule has 8 aromatic carbocycles. The number of rotatable bonds is 9. The van der Waals surface area contributed by atoms with E-state index in [0.717, 1.165) is 89.4 Å². The van der Waals surface area contributed by atoms with Gasteiger partial charge in [0.25, 0.3) is 0 Å². The van der Waals surface area contributed by atoms with Crippen molar-refractivity contribution in [1.82, 2.24) is 19.1 Å². The molecule has 0 saturated heterocycles. The molecule has 0 aliphatic heterocycles. The van der Waals surface area contributed by atoms with E-state index in [0.29, 0.717) is 16.9 Å². The van der Waals surface area contributed by atoms with Crippen molar-refractivity contribution in [2.45, 2.75) is 118 Å². The van der Waals surface area contributed by atoms with Gasteiger partial charge in [-0.3, -0.25) is 9.55 Å². The average Bonchev–Trinajstić information content (AvgIpc) is 4.18. The molecule has 10 rings (SSSR count). The Morgan fingerprint density at radius 1 is 0.577 bits per heavy atom. The zero-order valence-corrected chi connectivity index (χ0v) is 49.3. The molecule has 0 bridgehead atoms. The number of aromatic nitrogens is 4. The zero-order chi connectivity index (χ0) is 54.9. The van der Waals surface area contributed by atoms with Crippen molar-refractivity contribution < 1.29 is 26.2 Å². The van der Waals surface area contributed by atoms with E-state index in [1.165, 1.54) is 5.56 Å². The van der Waals surface area contributed by atoms with Gasteiger partial charge in [-0.15, -0.1) is 29.3 Å². The minimum atomic E-state index is -0.580. The molecule has 1 N–H and O–H groups in total. The van der Waals surface area contributed by atoms with E-state index in [2.05, 4.69) is 229 Å². The van der Waals surface area contributed by atoms with Gasteiger partial charge in [-0.05, 0) is 116 Å². The Morgan fingerprint density at radius 3 is 1.76 bits per heavy atom. The summed E-state index contributed by atoms with van der Waals surface area (Å²) < 4.78 is 4.46. The predicted octanol–water partition coefficient (Wildman–Crippen LogP) is 18.8. The second-order valence-electron chi connectivity index (χ2n) is 24.2. The molecule has 0 unspecified atom stereocenters. The van der Waals surface area contributed by atoms with E-state index in [1.807, 2.05) is 32.9 Å². The van der Waals surface area contributed by atoms with E-state index in [1.54, 1.807) is 6.07 Å². The molecule has 0 aliphatic rings. The summed E-state index contributed by atoms with van der Waals surface area (Å²) in [6.07, 6.45) is 0. The van der Waals surface area contributed by atoms with Crippen molar-refractivity contribution in [3.63, 3.8) is 0 Å². The third-order valence-corrected chi connectivity index (χ3v) is 15.0. The maximum Gasteiger partial charge on any atom is 0.205 e. The third kappa shape index (κ3) is 9.91. The van der Waals surface area contributed by atoms with Gasteiger partial charge in [-0.25, -0.2) is 9.83 Å². The molecular weight excluding hydrogens is 1140 g/mol. The van der Waals surface area contributed by atoms with Crippen LogP contribution in [0.2, 0.25) is 0 Å². The van der Waals surface area contributed by atoms with Crippen molar-refractivity contribution in [2.75, 3.05) is 0 Å². The number of nitrogens with zero attached hydrogens (tertiary/aromatic N) is 6. The van der Waals surface area contributed by atoms with Gasteiger partial charge in [0.2, 0.25) is 5.69 Å². The summed E-state index contributed by atoms with van der Waals surface area (Å²) in [5, 5.41) is 23.8. The second kappa shape index (κ2) is 20.8. The minimum absolute atomic E-state index is 0. The average molecular weight is 1200 g/mol. The Morgan fingerprint density at radius 2 is 1.17 bits per heavy atom. The molecular formula is C70H67N6OPt-. The quantitative estimate of drug-likeness (QED) is 0.146. The van der Waals surface area contributed by atoms with Crippen LogP contribution in [-0.2, 0) is 37.3 Å². The number of hydrogen-bond acceptors (Lipinski definition) is 4. The Balaban J connectivity index is 0.00000740. The first-order valence-corrected chi connectivity index (χ1v) is 26.8. The summed E-state index contributed by atoms with van der Waals surface area (Å²) in [5.74, 6) is 1.18. The SMILES string of the molecule is [C-]#[N+]c1cc(C(C)(C)C)c(O)c(-c2nc3c(-c4[c-]c(-c5nc6ccccc6n5-c5ccc(C(C)(C)C)cc5-c5ccccc5)cc(C(C)(C)C)c4)cccc3n2-c2c(C(C)C)cc(-c3ccccc3)cc2C(C)C)c1C#N.[Pt]. The zero-order valence-electron chi connectivity index (χ0n) is 47.0. The molecule has 2 heterocycles. The maximum atomic E-state index is 12.7. The van der Waals surface area contributed by atoms with E-state index in [4.69, 9.17) is 16.5 Å². The van der Waals surface area contributed by atoms with Crippen LogP contribution in [0.3, 0.4) is 0 Å². The number of phenols is 1. The predicted molar refractivity (Wildman–Crippen MR) is 319 cm³/mol. The van der Waals surface area contributed by atoms with Gasteiger partial charge in [0.05, 0.1) is 57.3 Å². The largest absolute Gasteiger partial charge is 0.507 e. The van der Waals surface area contributed by atoms with E-state index in [9.17, 15) is 10.4 Å². The number of imidazole rings is 2. The monoisotopic (exact) mass is 1200 g/mol. The molecule has 2 aromatic heterocycles. The normalized spacial score (nSPS) is 12.1. The van der Waals surface area contributed by atoms with E-state index < -0.39 is 5.41 Å². The number of phenolic OH excluding ortho intramolecular Hbond substituents is 1. The van der Waals surface area contributed by atoms with Crippen molar-refractivity contribution in [3.8, 4) is 79.3 Å². The Bertz CT molecular complexity index is 3980. The molecule has 78 heavy (non-hydrogen) atoms. The molecule has 0 saturated carbocycles. The van der Waals surface area contributed by atoms with Gasteiger partial charge >= 0.3 is 0 Å². The van der Waals surface area contributed by atoms with Gasteiger partial charge in [0.1, 0.15) is 11.6 Å². The summed E-state index contributed by atoms with van der Waals surface area (Å²) in [4.78, 5) is 15.0. The first kappa shape index (κ1) is 54.9. The Kier molecular flexibility index (Phi) is 14.7. The summed E-state index contributed by atoms with van der Waals surface area (Å²) in [6.45, 7) is 36.7. The molecule has 0 radical (unpaired) electrons. The topological polar surface area (TPSA) is 84.0 Å². The number of nitriles is 1. The minimum Gasteiger partial charge on any atom is -0.507 e. The standard InChI is InChI=1S/C70H67N6O.Pt/c1-42(2)52-37-46(44-24-17-15-18-25-44)38-53(43(3)4)64(52)76-61-31-23-28-51(63(61)74-67(76)62-55(41-71)58(72-14)40-56(65(62)77)70(11,12)13)47-34-48(36-50(35-47)69(8,9)10)66-73-57-29-21-22-30-60(57)75(66)59-33-32-49(68(5,6)7)39-54(59)45-26-19-16-20-27-45;/h15-33,35-40,42-43,77H,1-13H3;/q-1;. The molecule has 0 atom stereocenters. The number of fused-ring (bicyclic) bond motifs is 2. The fourth-order valence-electron chi connectivity index (χ4n) is 10.7. The van der Waals surface area contributed by atoms with E-state index in [-0.39, 0.29) is 66.3 Å². The summed E-state index contributed by atoms with van der Waals surface area (Å²) in [5.41, 5.74) is 16.7. The number of benzene rings is 8. The van der Waals surface area contributed by atoms with Gasteiger partial charge in [-0.2, -0.15) is 5.26 Å². The smallest absolute Gasteiger partial charge is 0.205 e.